The SMILES string of the molecule is O=C(NC1CCCS(=O)(=O)C1)c1cc(Cl)ccn1. The summed E-state index contributed by atoms with van der Waals surface area (Å²) in [5.41, 5.74) is 0.200. The fourth-order valence-electron chi connectivity index (χ4n) is 1.92. The van der Waals surface area contributed by atoms with E-state index in [0.717, 1.165) is 0 Å². The Labute approximate surface area is 110 Å². The maximum absolute atomic E-state index is 11.8. The van der Waals surface area contributed by atoms with Gasteiger partial charge in [0.25, 0.3) is 5.91 Å². The molecule has 0 radical (unpaired) electrons. The first-order valence-corrected chi connectivity index (χ1v) is 7.79. The third-order valence-corrected chi connectivity index (χ3v) is 4.81. The van der Waals surface area contributed by atoms with Gasteiger partial charge in [0.2, 0.25) is 0 Å². The predicted octanol–water partition coefficient (Wildman–Crippen LogP) is 1.04. The maximum Gasteiger partial charge on any atom is 0.270 e. The van der Waals surface area contributed by atoms with E-state index in [1.807, 2.05) is 0 Å². The van der Waals surface area contributed by atoms with Crippen LogP contribution in [0.15, 0.2) is 18.3 Å². The Morgan fingerprint density at radius 1 is 1.50 bits per heavy atom. The van der Waals surface area contributed by atoms with Crippen LogP contribution in [0.1, 0.15) is 23.3 Å². The molecule has 7 heteroatoms. The molecule has 1 aliphatic rings. The van der Waals surface area contributed by atoms with Crippen molar-refractivity contribution < 1.29 is 13.2 Å². The molecule has 1 aromatic heterocycles. The molecule has 2 rings (SSSR count). The molecule has 1 N–H and O–H groups in total. The van der Waals surface area contributed by atoms with Crippen LogP contribution in [0.3, 0.4) is 0 Å². The monoisotopic (exact) mass is 288 g/mol. The summed E-state index contributed by atoms with van der Waals surface area (Å²) in [5, 5.41) is 3.10. The number of carbonyl (C=O) groups excluding carboxylic acids is 1. The van der Waals surface area contributed by atoms with Crippen LogP contribution in [0.2, 0.25) is 5.02 Å². The molecule has 1 amide bonds. The highest BCUT2D eigenvalue weighted by Crippen LogP contribution is 2.13. The van der Waals surface area contributed by atoms with Crippen molar-refractivity contribution in [2.24, 2.45) is 0 Å². The molecule has 2 heterocycles. The molecule has 0 aromatic carbocycles. The van der Waals surface area contributed by atoms with Gasteiger partial charge in [-0.2, -0.15) is 0 Å². The van der Waals surface area contributed by atoms with Crippen LogP contribution in [-0.4, -0.2) is 36.9 Å². The predicted molar refractivity (Wildman–Crippen MR) is 68.4 cm³/mol. The minimum absolute atomic E-state index is 0.000689. The summed E-state index contributed by atoms with van der Waals surface area (Å²) in [6, 6.07) is 2.69. The molecule has 1 unspecified atom stereocenters. The Bertz CT molecular complexity index is 559. The third-order valence-electron chi connectivity index (χ3n) is 2.75. The topological polar surface area (TPSA) is 76.1 Å². The van der Waals surface area contributed by atoms with Gasteiger partial charge in [-0.15, -0.1) is 0 Å². The van der Waals surface area contributed by atoms with Gasteiger partial charge in [0.1, 0.15) is 5.69 Å². The van der Waals surface area contributed by atoms with E-state index in [1.54, 1.807) is 6.07 Å². The van der Waals surface area contributed by atoms with Crippen LogP contribution < -0.4 is 5.32 Å². The van der Waals surface area contributed by atoms with Crippen molar-refractivity contribution in [3.63, 3.8) is 0 Å². The highest BCUT2D eigenvalue weighted by molar-refractivity contribution is 7.91. The van der Waals surface area contributed by atoms with Crippen molar-refractivity contribution in [3.05, 3.63) is 29.0 Å². The van der Waals surface area contributed by atoms with Gasteiger partial charge in [0.05, 0.1) is 11.5 Å². The number of amides is 1. The number of halogens is 1. The summed E-state index contributed by atoms with van der Waals surface area (Å²) >= 11 is 5.76. The normalized spacial score (nSPS) is 22.4. The smallest absolute Gasteiger partial charge is 0.270 e. The van der Waals surface area contributed by atoms with Crippen molar-refractivity contribution in [2.75, 3.05) is 11.5 Å². The number of hydrogen-bond donors (Lipinski definition) is 1. The molecule has 1 atom stereocenters. The Morgan fingerprint density at radius 2 is 2.28 bits per heavy atom. The average molecular weight is 289 g/mol. The van der Waals surface area contributed by atoms with E-state index in [-0.39, 0.29) is 29.1 Å². The van der Waals surface area contributed by atoms with Gasteiger partial charge in [-0.05, 0) is 25.0 Å². The van der Waals surface area contributed by atoms with Crippen molar-refractivity contribution in [1.29, 1.82) is 0 Å². The van der Waals surface area contributed by atoms with Crippen LogP contribution in [0, 0.1) is 0 Å². The number of nitrogens with one attached hydrogen (secondary N) is 1. The molecule has 0 aliphatic carbocycles. The zero-order valence-electron chi connectivity index (χ0n) is 9.60. The first kappa shape index (κ1) is 13.3. The molecule has 0 saturated carbocycles. The van der Waals surface area contributed by atoms with Crippen molar-refractivity contribution >= 4 is 27.3 Å². The summed E-state index contributed by atoms with van der Waals surface area (Å²) in [6.07, 6.45) is 2.69. The lowest BCUT2D eigenvalue weighted by Gasteiger charge is -2.22. The quantitative estimate of drug-likeness (QED) is 0.882. The van der Waals surface area contributed by atoms with Crippen molar-refractivity contribution in [1.82, 2.24) is 10.3 Å². The first-order valence-electron chi connectivity index (χ1n) is 5.59. The lowest BCUT2D eigenvalue weighted by Crippen LogP contribution is -2.43. The van der Waals surface area contributed by atoms with Gasteiger partial charge >= 0.3 is 0 Å². The van der Waals surface area contributed by atoms with Crippen LogP contribution >= 0.6 is 11.6 Å². The molecule has 0 bridgehead atoms. The average Bonchev–Trinajstić information content (AvgIpc) is 2.27. The van der Waals surface area contributed by atoms with Crippen molar-refractivity contribution in [2.45, 2.75) is 18.9 Å². The molecular weight excluding hydrogens is 276 g/mol. The number of hydrogen-bond acceptors (Lipinski definition) is 4. The van der Waals surface area contributed by atoms with E-state index < -0.39 is 9.84 Å². The van der Waals surface area contributed by atoms with Crippen LogP contribution in [0.5, 0.6) is 0 Å². The molecule has 0 spiro atoms. The Kier molecular flexibility index (Phi) is 3.87. The molecule has 1 saturated heterocycles. The minimum Gasteiger partial charge on any atom is -0.347 e. The summed E-state index contributed by atoms with van der Waals surface area (Å²) in [6.45, 7) is 0. The highest BCUT2D eigenvalue weighted by Gasteiger charge is 2.26. The molecule has 1 aromatic rings. The summed E-state index contributed by atoms with van der Waals surface area (Å²) in [4.78, 5) is 15.7. The lowest BCUT2D eigenvalue weighted by atomic mass is 10.2. The van der Waals surface area contributed by atoms with E-state index in [1.165, 1.54) is 12.3 Å². The summed E-state index contributed by atoms with van der Waals surface area (Å²) in [7, 11) is -3.03. The van der Waals surface area contributed by atoms with E-state index in [2.05, 4.69) is 10.3 Å². The Hall–Kier alpha value is -1.14. The van der Waals surface area contributed by atoms with E-state index in [9.17, 15) is 13.2 Å². The summed E-state index contributed by atoms with van der Waals surface area (Å²) in [5.74, 6) is -0.187. The number of pyridine rings is 1. The largest absolute Gasteiger partial charge is 0.347 e. The Morgan fingerprint density at radius 3 is 2.94 bits per heavy atom. The minimum atomic E-state index is -3.03. The fourth-order valence-corrected chi connectivity index (χ4v) is 3.72. The van der Waals surface area contributed by atoms with Crippen LogP contribution in [0.25, 0.3) is 0 Å². The van der Waals surface area contributed by atoms with E-state index in [4.69, 9.17) is 11.6 Å². The standard InChI is InChI=1S/C11H13ClN2O3S/c12-8-3-4-13-10(6-8)11(15)14-9-2-1-5-18(16,17)7-9/h3-4,6,9H,1-2,5,7H2,(H,14,15). The van der Waals surface area contributed by atoms with Gasteiger partial charge in [-0.3, -0.25) is 9.78 Å². The van der Waals surface area contributed by atoms with E-state index >= 15 is 0 Å². The second-order valence-corrected chi connectivity index (χ2v) is 6.95. The van der Waals surface area contributed by atoms with E-state index in [0.29, 0.717) is 17.9 Å². The van der Waals surface area contributed by atoms with Gasteiger partial charge in [0.15, 0.2) is 9.84 Å². The lowest BCUT2D eigenvalue weighted by molar-refractivity contribution is 0.0933. The second-order valence-electron chi connectivity index (χ2n) is 4.29. The van der Waals surface area contributed by atoms with Gasteiger partial charge in [-0.1, -0.05) is 11.6 Å². The number of nitrogens with zero attached hydrogens (tertiary/aromatic N) is 1. The number of sulfone groups is 1. The zero-order valence-corrected chi connectivity index (χ0v) is 11.2. The van der Waals surface area contributed by atoms with Crippen molar-refractivity contribution in [3.8, 4) is 0 Å². The molecular formula is C11H13ClN2O3S. The second kappa shape index (κ2) is 5.24. The number of aromatic nitrogens is 1. The van der Waals surface area contributed by atoms with Crippen LogP contribution in [-0.2, 0) is 9.84 Å². The molecule has 1 fully saturated rings. The third kappa shape index (κ3) is 3.43. The molecule has 18 heavy (non-hydrogen) atoms. The van der Waals surface area contributed by atoms with Crippen LogP contribution in [0.4, 0.5) is 0 Å². The molecule has 5 nitrogen and oxygen atoms in total. The number of rotatable bonds is 2. The molecule has 1 aliphatic heterocycles. The Balaban J connectivity index is 2.03. The van der Waals surface area contributed by atoms with Gasteiger partial charge in [-0.25, -0.2) is 8.42 Å². The summed E-state index contributed by atoms with van der Waals surface area (Å²) < 4.78 is 22.9. The maximum atomic E-state index is 11.8. The van der Waals surface area contributed by atoms with Gasteiger partial charge in [0, 0.05) is 17.3 Å². The highest BCUT2D eigenvalue weighted by atomic mass is 35.5. The fraction of sp³-hybridized carbons (Fsp3) is 0.455. The number of carbonyl (C=O) groups is 1. The molecule has 98 valence electrons. The zero-order chi connectivity index (χ0) is 13.2. The van der Waals surface area contributed by atoms with Gasteiger partial charge < -0.3 is 5.32 Å². The first-order chi connectivity index (χ1) is 8.46.